The zero-order valence-electron chi connectivity index (χ0n) is 9.73. The molecule has 0 aromatic carbocycles. The van der Waals surface area contributed by atoms with Crippen molar-refractivity contribution in [3.63, 3.8) is 0 Å². The molecule has 0 aliphatic carbocycles. The Morgan fingerprint density at radius 1 is 1.59 bits per heavy atom. The molecule has 0 aliphatic heterocycles. The Bertz CT molecular complexity index is 509. The SMILES string of the molecule is C#CCN(CCC)S(=O)(=O)c1cc(C)c(Br)s1. The molecule has 0 fully saturated rings. The van der Waals surface area contributed by atoms with Gasteiger partial charge in [0.05, 0.1) is 10.3 Å². The van der Waals surface area contributed by atoms with Crippen LogP contribution in [0.3, 0.4) is 0 Å². The molecule has 1 rings (SSSR count). The van der Waals surface area contributed by atoms with Crippen molar-refractivity contribution in [1.82, 2.24) is 4.31 Å². The highest BCUT2D eigenvalue weighted by atomic mass is 79.9. The number of nitrogens with zero attached hydrogens (tertiary/aromatic N) is 1. The van der Waals surface area contributed by atoms with Crippen molar-refractivity contribution in [2.24, 2.45) is 0 Å². The summed E-state index contributed by atoms with van der Waals surface area (Å²) in [7, 11) is -3.45. The number of sulfonamides is 1. The molecular weight excluding hydrogens is 322 g/mol. The van der Waals surface area contributed by atoms with E-state index in [2.05, 4.69) is 21.9 Å². The monoisotopic (exact) mass is 335 g/mol. The van der Waals surface area contributed by atoms with Crippen LogP contribution in [0.5, 0.6) is 0 Å². The number of rotatable bonds is 5. The van der Waals surface area contributed by atoms with Gasteiger partial charge < -0.3 is 0 Å². The number of hydrogen-bond acceptors (Lipinski definition) is 3. The van der Waals surface area contributed by atoms with Crippen LogP contribution in [0.25, 0.3) is 0 Å². The van der Waals surface area contributed by atoms with E-state index in [0.29, 0.717) is 10.8 Å². The van der Waals surface area contributed by atoms with Crippen molar-refractivity contribution in [2.75, 3.05) is 13.1 Å². The average molecular weight is 336 g/mol. The topological polar surface area (TPSA) is 37.4 Å². The van der Waals surface area contributed by atoms with E-state index >= 15 is 0 Å². The largest absolute Gasteiger partial charge is 0.253 e. The molecular formula is C11H14BrNO2S2. The van der Waals surface area contributed by atoms with E-state index in [4.69, 9.17) is 6.42 Å². The van der Waals surface area contributed by atoms with Crippen LogP contribution in [0.15, 0.2) is 14.1 Å². The van der Waals surface area contributed by atoms with Crippen LogP contribution in [0.2, 0.25) is 0 Å². The van der Waals surface area contributed by atoms with Gasteiger partial charge in [0.2, 0.25) is 0 Å². The minimum Gasteiger partial charge on any atom is -0.206 e. The van der Waals surface area contributed by atoms with Crippen molar-refractivity contribution in [1.29, 1.82) is 0 Å². The molecule has 0 aliphatic rings. The second-order valence-electron chi connectivity index (χ2n) is 3.56. The number of terminal acetylenes is 1. The standard InChI is InChI=1S/C11H14BrNO2S2/c1-4-6-13(7-5-2)17(14,15)10-8-9(3)11(12)16-10/h1,8H,5-7H2,2-3H3. The molecule has 0 amide bonds. The quantitative estimate of drug-likeness (QED) is 0.776. The third-order valence-electron chi connectivity index (χ3n) is 2.17. The minimum absolute atomic E-state index is 0.116. The van der Waals surface area contributed by atoms with Crippen LogP contribution in [0.4, 0.5) is 0 Å². The first kappa shape index (κ1) is 14.7. The lowest BCUT2D eigenvalue weighted by atomic mass is 10.4. The molecule has 1 aromatic rings. The van der Waals surface area contributed by atoms with Gasteiger partial charge in [0.15, 0.2) is 0 Å². The fourth-order valence-electron chi connectivity index (χ4n) is 1.32. The van der Waals surface area contributed by atoms with Crippen LogP contribution in [-0.2, 0) is 10.0 Å². The summed E-state index contributed by atoms with van der Waals surface area (Å²) in [5.41, 5.74) is 0.922. The van der Waals surface area contributed by atoms with E-state index in [0.717, 1.165) is 15.8 Å². The summed E-state index contributed by atoms with van der Waals surface area (Å²) < 4.78 is 27.1. The molecule has 0 bridgehead atoms. The van der Waals surface area contributed by atoms with Crippen molar-refractivity contribution >= 4 is 37.3 Å². The molecule has 0 saturated carbocycles. The summed E-state index contributed by atoms with van der Waals surface area (Å²) in [6.45, 7) is 4.35. The van der Waals surface area contributed by atoms with Gasteiger partial charge in [-0.2, -0.15) is 4.31 Å². The summed E-state index contributed by atoms with van der Waals surface area (Å²) >= 11 is 4.55. The summed E-state index contributed by atoms with van der Waals surface area (Å²) in [5, 5.41) is 0. The molecule has 0 radical (unpaired) electrons. The highest BCUT2D eigenvalue weighted by Gasteiger charge is 2.25. The summed E-state index contributed by atoms with van der Waals surface area (Å²) in [6, 6.07) is 1.67. The van der Waals surface area contributed by atoms with E-state index in [-0.39, 0.29) is 6.54 Å². The fourth-order valence-corrected chi connectivity index (χ4v) is 5.15. The van der Waals surface area contributed by atoms with Gasteiger partial charge in [-0.05, 0) is 40.9 Å². The van der Waals surface area contributed by atoms with E-state index in [1.54, 1.807) is 6.07 Å². The zero-order valence-corrected chi connectivity index (χ0v) is 13.0. The van der Waals surface area contributed by atoms with Crippen LogP contribution in [0, 0.1) is 19.3 Å². The van der Waals surface area contributed by atoms with Crippen LogP contribution < -0.4 is 0 Å². The maximum Gasteiger partial charge on any atom is 0.253 e. The second-order valence-corrected chi connectivity index (χ2v) is 8.10. The smallest absolute Gasteiger partial charge is 0.206 e. The lowest BCUT2D eigenvalue weighted by Gasteiger charge is -2.17. The Kier molecular flexibility index (Phi) is 5.20. The van der Waals surface area contributed by atoms with E-state index in [1.165, 1.54) is 15.6 Å². The third-order valence-corrected chi connectivity index (χ3v) is 6.60. The first-order valence-corrected chi connectivity index (χ1v) is 8.18. The molecule has 0 saturated heterocycles. The lowest BCUT2D eigenvalue weighted by molar-refractivity contribution is 0.447. The normalized spacial score (nSPS) is 11.7. The Labute approximate surface area is 115 Å². The molecule has 0 spiro atoms. The number of thiophene rings is 1. The van der Waals surface area contributed by atoms with Crippen molar-refractivity contribution < 1.29 is 8.42 Å². The average Bonchev–Trinajstić information content (AvgIpc) is 2.59. The van der Waals surface area contributed by atoms with Crippen LogP contribution in [-0.4, -0.2) is 25.8 Å². The van der Waals surface area contributed by atoms with Gasteiger partial charge in [0.25, 0.3) is 10.0 Å². The molecule has 3 nitrogen and oxygen atoms in total. The van der Waals surface area contributed by atoms with Gasteiger partial charge in [0.1, 0.15) is 4.21 Å². The summed E-state index contributed by atoms with van der Waals surface area (Å²) in [5.74, 6) is 2.39. The molecule has 0 unspecified atom stereocenters. The fraction of sp³-hybridized carbons (Fsp3) is 0.455. The highest BCUT2D eigenvalue weighted by Crippen LogP contribution is 2.32. The van der Waals surface area contributed by atoms with E-state index < -0.39 is 10.0 Å². The van der Waals surface area contributed by atoms with Crippen LogP contribution >= 0.6 is 27.3 Å². The lowest BCUT2D eigenvalue weighted by Crippen LogP contribution is -2.31. The predicted octanol–water partition coefficient (Wildman–Crippen LogP) is 2.85. The van der Waals surface area contributed by atoms with Crippen molar-refractivity contribution in [3.8, 4) is 12.3 Å². The number of aryl methyl sites for hydroxylation is 1. The summed E-state index contributed by atoms with van der Waals surface area (Å²) in [6.07, 6.45) is 5.95. The molecule has 6 heteroatoms. The number of halogens is 1. The maximum absolute atomic E-state index is 12.3. The Balaban J connectivity index is 3.12. The molecule has 17 heavy (non-hydrogen) atoms. The first-order chi connectivity index (χ1) is 7.93. The Morgan fingerprint density at radius 3 is 2.65 bits per heavy atom. The Morgan fingerprint density at radius 2 is 2.24 bits per heavy atom. The zero-order chi connectivity index (χ0) is 13.1. The maximum atomic E-state index is 12.3. The molecule has 1 aromatic heterocycles. The van der Waals surface area contributed by atoms with E-state index in [9.17, 15) is 8.42 Å². The highest BCUT2D eigenvalue weighted by molar-refractivity contribution is 9.11. The molecule has 1 heterocycles. The van der Waals surface area contributed by atoms with Gasteiger partial charge in [-0.1, -0.05) is 12.8 Å². The minimum atomic E-state index is -3.45. The molecule has 0 N–H and O–H groups in total. The number of hydrogen-bond donors (Lipinski definition) is 0. The van der Waals surface area contributed by atoms with Gasteiger partial charge >= 0.3 is 0 Å². The second kappa shape index (κ2) is 6.01. The molecule has 0 atom stereocenters. The summed E-state index contributed by atoms with van der Waals surface area (Å²) in [4.78, 5) is 0. The van der Waals surface area contributed by atoms with Gasteiger partial charge in [-0.15, -0.1) is 17.8 Å². The third kappa shape index (κ3) is 3.32. The van der Waals surface area contributed by atoms with Crippen molar-refractivity contribution in [2.45, 2.75) is 24.5 Å². The Hall–Kier alpha value is -0.350. The van der Waals surface area contributed by atoms with Gasteiger partial charge in [-0.25, -0.2) is 8.42 Å². The first-order valence-electron chi connectivity index (χ1n) is 5.13. The van der Waals surface area contributed by atoms with Crippen molar-refractivity contribution in [3.05, 3.63) is 15.4 Å². The van der Waals surface area contributed by atoms with Crippen LogP contribution in [0.1, 0.15) is 18.9 Å². The van der Waals surface area contributed by atoms with E-state index in [1.807, 2.05) is 13.8 Å². The van der Waals surface area contributed by atoms with Gasteiger partial charge in [-0.3, -0.25) is 0 Å². The predicted molar refractivity (Wildman–Crippen MR) is 74.6 cm³/mol. The molecule has 94 valence electrons. The van der Waals surface area contributed by atoms with Gasteiger partial charge in [0, 0.05) is 6.54 Å².